The smallest absolute Gasteiger partial charge is 0.387 e. The van der Waals surface area contributed by atoms with Gasteiger partial charge in [0.1, 0.15) is 11.6 Å². The first-order chi connectivity index (χ1) is 14.1. The van der Waals surface area contributed by atoms with Crippen LogP contribution in [0, 0.1) is 0 Å². The van der Waals surface area contributed by atoms with E-state index < -0.39 is 6.61 Å². The molecule has 0 spiro atoms. The standard InChI is InChI=1S/C19H18F2N4O2S2/c20-18(21)27-14-5-3-13(4-6-14)9-10-22-17(26)12-29-19-23-16(24-25-19)8-7-15-2-1-11-28-15/h1-8,11,18H,9-10,12H2,(H,22,26)(H,23,24,25)/b8-7+. The zero-order chi connectivity index (χ0) is 20.5. The van der Waals surface area contributed by atoms with Crippen LogP contribution in [0.5, 0.6) is 5.75 Å². The maximum absolute atomic E-state index is 12.1. The Hall–Kier alpha value is -2.72. The van der Waals surface area contributed by atoms with Gasteiger partial charge in [-0.25, -0.2) is 4.98 Å². The fourth-order valence-electron chi connectivity index (χ4n) is 2.31. The predicted molar refractivity (Wildman–Crippen MR) is 110 cm³/mol. The molecule has 2 N–H and O–H groups in total. The lowest BCUT2D eigenvalue weighted by atomic mass is 10.1. The van der Waals surface area contributed by atoms with Crippen LogP contribution in [0.3, 0.4) is 0 Å². The third kappa shape index (κ3) is 7.31. The number of halogens is 2. The highest BCUT2D eigenvalue weighted by atomic mass is 32.2. The van der Waals surface area contributed by atoms with Crippen molar-refractivity contribution in [3.05, 3.63) is 58.0 Å². The quantitative estimate of drug-likeness (QED) is 0.468. The molecular formula is C19H18F2N4O2S2. The number of carbonyl (C=O) groups excluding carboxylic acids is 1. The molecule has 1 amide bonds. The molecule has 2 heterocycles. The summed E-state index contributed by atoms with van der Waals surface area (Å²) in [5.74, 6) is 0.807. The SMILES string of the molecule is O=C(CSc1n[nH]c(/C=C/c2cccs2)n1)NCCc1ccc(OC(F)F)cc1. The Morgan fingerprint density at radius 2 is 2.10 bits per heavy atom. The first-order valence-electron chi connectivity index (χ1n) is 8.66. The van der Waals surface area contributed by atoms with Crippen LogP contribution in [0.25, 0.3) is 12.2 Å². The first kappa shape index (κ1) is 21.0. The van der Waals surface area contributed by atoms with Gasteiger partial charge >= 0.3 is 6.61 Å². The summed E-state index contributed by atoms with van der Waals surface area (Å²) in [4.78, 5) is 17.4. The monoisotopic (exact) mass is 436 g/mol. The minimum atomic E-state index is -2.84. The second-order valence-corrected chi connectivity index (χ2v) is 7.68. The van der Waals surface area contributed by atoms with Gasteiger partial charge in [0.05, 0.1) is 5.75 Å². The molecule has 3 aromatic rings. The molecule has 0 aliphatic rings. The van der Waals surface area contributed by atoms with Crippen LogP contribution in [0.1, 0.15) is 16.3 Å². The lowest BCUT2D eigenvalue weighted by Crippen LogP contribution is -2.27. The number of nitrogens with zero attached hydrogens (tertiary/aromatic N) is 2. The lowest BCUT2D eigenvalue weighted by Gasteiger charge is -2.07. The Kier molecular flexibility index (Phi) is 7.77. The largest absolute Gasteiger partial charge is 0.435 e. The molecule has 0 radical (unpaired) electrons. The molecule has 0 saturated heterocycles. The topological polar surface area (TPSA) is 79.9 Å². The van der Waals surface area contributed by atoms with E-state index in [1.807, 2.05) is 29.7 Å². The number of benzene rings is 1. The van der Waals surface area contributed by atoms with Gasteiger partial charge in [-0.1, -0.05) is 30.0 Å². The van der Waals surface area contributed by atoms with Crippen molar-refractivity contribution in [3.63, 3.8) is 0 Å². The van der Waals surface area contributed by atoms with Crippen molar-refractivity contribution in [1.82, 2.24) is 20.5 Å². The van der Waals surface area contributed by atoms with Crippen molar-refractivity contribution in [1.29, 1.82) is 0 Å². The number of thioether (sulfide) groups is 1. The number of rotatable bonds is 10. The van der Waals surface area contributed by atoms with E-state index in [-0.39, 0.29) is 17.4 Å². The molecule has 0 bridgehead atoms. The zero-order valence-corrected chi connectivity index (χ0v) is 16.8. The fourth-order valence-corrected chi connectivity index (χ4v) is 3.56. The highest BCUT2D eigenvalue weighted by Gasteiger charge is 2.07. The summed E-state index contributed by atoms with van der Waals surface area (Å²) in [7, 11) is 0. The van der Waals surface area contributed by atoms with E-state index in [0.717, 1.165) is 10.4 Å². The molecule has 6 nitrogen and oxygen atoms in total. The van der Waals surface area contributed by atoms with Gasteiger partial charge in [-0.2, -0.15) is 8.78 Å². The number of H-pyrrole nitrogens is 1. The van der Waals surface area contributed by atoms with Crippen LogP contribution in [0.15, 0.2) is 46.9 Å². The van der Waals surface area contributed by atoms with Crippen molar-refractivity contribution in [2.75, 3.05) is 12.3 Å². The van der Waals surface area contributed by atoms with Crippen molar-refractivity contribution in [2.24, 2.45) is 0 Å². The van der Waals surface area contributed by atoms with E-state index in [1.54, 1.807) is 23.5 Å². The molecule has 29 heavy (non-hydrogen) atoms. The summed E-state index contributed by atoms with van der Waals surface area (Å²) in [5.41, 5.74) is 0.913. The second-order valence-electron chi connectivity index (χ2n) is 5.76. The molecule has 0 atom stereocenters. The van der Waals surface area contributed by atoms with E-state index >= 15 is 0 Å². The van der Waals surface area contributed by atoms with Crippen LogP contribution in [-0.2, 0) is 11.2 Å². The van der Waals surface area contributed by atoms with E-state index in [1.165, 1.54) is 23.9 Å². The van der Waals surface area contributed by atoms with Crippen molar-refractivity contribution in [3.8, 4) is 5.75 Å². The minimum Gasteiger partial charge on any atom is -0.435 e. The van der Waals surface area contributed by atoms with Crippen molar-refractivity contribution >= 4 is 41.2 Å². The summed E-state index contributed by atoms with van der Waals surface area (Å²) in [6.07, 6.45) is 4.36. The summed E-state index contributed by atoms with van der Waals surface area (Å²) in [6, 6.07) is 10.3. The summed E-state index contributed by atoms with van der Waals surface area (Å²) in [5, 5.41) is 12.2. The number of aromatic amines is 1. The van der Waals surface area contributed by atoms with Gasteiger partial charge in [-0.15, -0.1) is 16.4 Å². The maximum Gasteiger partial charge on any atom is 0.387 e. The number of thiophene rings is 1. The summed E-state index contributed by atoms with van der Waals surface area (Å²) < 4.78 is 28.5. The van der Waals surface area contributed by atoms with Gasteiger partial charge in [-0.3, -0.25) is 9.89 Å². The van der Waals surface area contributed by atoms with Gasteiger partial charge in [-0.05, 0) is 47.7 Å². The Labute approximate surface area is 174 Å². The van der Waals surface area contributed by atoms with Gasteiger partial charge in [0.2, 0.25) is 11.1 Å². The van der Waals surface area contributed by atoms with Crippen LogP contribution in [0.2, 0.25) is 0 Å². The van der Waals surface area contributed by atoms with E-state index in [4.69, 9.17) is 0 Å². The first-order valence-corrected chi connectivity index (χ1v) is 10.5. The van der Waals surface area contributed by atoms with E-state index in [2.05, 4.69) is 25.2 Å². The summed E-state index contributed by atoms with van der Waals surface area (Å²) >= 11 is 2.87. The van der Waals surface area contributed by atoms with Gasteiger partial charge in [0.15, 0.2) is 0 Å². The van der Waals surface area contributed by atoms with E-state index in [0.29, 0.717) is 23.9 Å². The normalized spacial score (nSPS) is 11.3. The zero-order valence-electron chi connectivity index (χ0n) is 15.2. The molecule has 152 valence electrons. The molecule has 0 aliphatic heterocycles. The molecule has 0 unspecified atom stereocenters. The Bertz CT molecular complexity index is 928. The lowest BCUT2D eigenvalue weighted by molar-refractivity contribution is -0.118. The highest BCUT2D eigenvalue weighted by Crippen LogP contribution is 2.16. The fraction of sp³-hybridized carbons (Fsp3) is 0.211. The molecule has 1 aromatic carbocycles. The predicted octanol–water partition coefficient (Wildman–Crippen LogP) is 4.09. The number of aromatic nitrogens is 3. The van der Waals surface area contributed by atoms with Crippen molar-refractivity contribution < 1.29 is 18.3 Å². The van der Waals surface area contributed by atoms with Gasteiger partial charge in [0.25, 0.3) is 0 Å². The Balaban J connectivity index is 1.36. The minimum absolute atomic E-state index is 0.111. The maximum atomic E-state index is 12.1. The molecule has 2 aromatic heterocycles. The average Bonchev–Trinajstić information content (AvgIpc) is 3.37. The Morgan fingerprint density at radius 1 is 1.28 bits per heavy atom. The number of amides is 1. The number of ether oxygens (including phenoxy) is 1. The number of hydrogen-bond acceptors (Lipinski definition) is 6. The molecule has 0 fully saturated rings. The molecule has 3 rings (SSSR count). The van der Waals surface area contributed by atoms with Crippen LogP contribution in [0.4, 0.5) is 8.78 Å². The van der Waals surface area contributed by atoms with Crippen LogP contribution >= 0.6 is 23.1 Å². The van der Waals surface area contributed by atoms with Crippen molar-refractivity contribution in [2.45, 2.75) is 18.2 Å². The molecule has 0 aliphatic carbocycles. The number of hydrogen-bond donors (Lipinski definition) is 2. The second kappa shape index (κ2) is 10.7. The summed E-state index contributed by atoms with van der Waals surface area (Å²) in [6.45, 7) is -2.40. The average molecular weight is 437 g/mol. The number of nitrogens with one attached hydrogen (secondary N) is 2. The molecule has 0 saturated carbocycles. The third-order valence-corrected chi connectivity index (χ3v) is 5.33. The van der Waals surface area contributed by atoms with E-state index in [9.17, 15) is 13.6 Å². The molecule has 10 heteroatoms. The number of alkyl halides is 2. The third-order valence-electron chi connectivity index (χ3n) is 3.65. The molecular weight excluding hydrogens is 418 g/mol. The van der Waals surface area contributed by atoms with Gasteiger partial charge < -0.3 is 10.1 Å². The number of carbonyl (C=O) groups is 1. The van der Waals surface area contributed by atoms with Crippen LogP contribution < -0.4 is 10.1 Å². The van der Waals surface area contributed by atoms with Gasteiger partial charge in [0, 0.05) is 11.4 Å². The van der Waals surface area contributed by atoms with Crippen LogP contribution in [-0.4, -0.2) is 40.0 Å². The Morgan fingerprint density at radius 3 is 2.83 bits per heavy atom. The highest BCUT2D eigenvalue weighted by molar-refractivity contribution is 7.99.